The van der Waals surface area contributed by atoms with Crippen LogP contribution in [0.15, 0.2) is 0 Å². The molecule has 6 heteroatoms. The van der Waals surface area contributed by atoms with Gasteiger partial charge in [-0.2, -0.15) is 0 Å². The zero-order valence-electron chi connectivity index (χ0n) is 12.6. The second-order valence-electron chi connectivity index (χ2n) is 5.33. The average Bonchev–Trinajstić information content (AvgIpc) is 2.46. The standard InChI is InChI=1S/C14H27N3O3/c1-3-4-5-6-7-15-14(20)17-10-8-16(9-11-17)12(2)13(18)19/h12H,3-11H2,1-2H3,(H,15,20)(H,18,19). The summed E-state index contributed by atoms with van der Waals surface area (Å²) >= 11 is 0. The van der Waals surface area contributed by atoms with Gasteiger partial charge in [0.25, 0.3) is 0 Å². The number of unbranched alkanes of at least 4 members (excludes halogenated alkanes) is 3. The Bertz CT molecular complexity index is 315. The quantitative estimate of drug-likeness (QED) is 0.693. The number of hydrogen-bond donors (Lipinski definition) is 2. The molecule has 0 aromatic carbocycles. The van der Waals surface area contributed by atoms with Crippen molar-refractivity contribution in [3.05, 3.63) is 0 Å². The predicted octanol–water partition coefficient (Wildman–Crippen LogP) is 1.37. The third-order valence-electron chi connectivity index (χ3n) is 3.81. The lowest BCUT2D eigenvalue weighted by atomic mass is 10.2. The van der Waals surface area contributed by atoms with Gasteiger partial charge in [-0.3, -0.25) is 9.69 Å². The van der Waals surface area contributed by atoms with E-state index in [0.29, 0.717) is 26.2 Å². The van der Waals surface area contributed by atoms with E-state index in [1.807, 2.05) is 4.90 Å². The Morgan fingerprint density at radius 2 is 1.80 bits per heavy atom. The van der Waals surface area contributed by atoms with E-state index < -0.39 is 12.0 Å². The first-order chi connectivity index (χ1) is 9.56. The van der Waals surface area contributed by atoms with Crippen LogP contribution in [0.2, 0.25) is 0 Å². The Labute approximate surface area is 121 Å². The maximum Gasteiger partial charge on any atom is 0.320 e. The summed E-state index contributed by atoms with van der Waals surface area (Å²) < 4.78 is 0. The molecule has 0 bridgehead atoms. The second kappa shape index (κ2) is 8.79. The molecule has 1 aliphatic heterocycles. The van der Waals surface area contributed by atoms with E-state index in [2.05, 4.69) is 12.2 Å². The highest BCUT2D eigenvalue weighted by molar-refractivity contribution is 5.74. The fraction of sp³-hybridized carbons (Fsp3) is 0.857. The maximum absolute atomic E-state index is 11.9. The molecule has 0 aliphatic carbocycles. The fourth-order valence-corrected chi connectivity index (χ4v) is 2.33. The van der Waals surface area contributed by atoms with Gasteiger partial charge in [0.15, 0.2) is 0 Å². The first-order valence-corrected chi connectivity index (χ1v) is 7.56. The minimum absolute atomic E-state index is 0.0240. The van der Waals surface area contributed by atoms with Gasteiger partial charge in [0, 0.05) is 32.7 Å². The molecule has 1 heterocycles. The van der Waals surface area contributed by atoms with E-state index in [-0.39, 0.29) is 6.03 Å². The highest BCUT2D eigenvalue weighted by atomic mass is 16.4. The number of rotatable bonds is 7. The molecular weight excluding hydrogens is 258 g/mol. The van der Waals surface area contributed by atoms with Gasteiger partial charge in [0.2, 0.25) is 0 Å². The largest absolute Gasteiger partial charge is 0.480 e. The zero-order valence-corrected chi connectivity index (χ0v) is 12.6. The van der Waals surface area contributed by atoms with Crippen LogP contribution in [0, 0.1) is 0 Å². The number of nitrogens with one attached hydrogen (secondary N) is 1. The molecule has 0 spiro atoms. The number of amides is 2. The molecule has 1 rings (SSSR count). The number of carboxylic acid groups (broad SMARTS) is 1. The summed E-state index contributed by atoms with van der Waals surface area (Å²) in [7, 11) is 0. The van der Waals surface area contributed by atoms with E-state index in [1.54, 1.807) is 11.8 Å². The highest BCUT2D eigenvalue weighted by Gasteiger charge is 2.26. The molecule has 2 N–H and O–H groups in total. The number of carbonyl (C=O) groups excluding carboxylic acids is 1. The van der Waals surface area contributed by atoms with Crippen LogP contribution in [-0.2, 0) is 4.79 Å². The first kappa shape index (κ1) is 16.8. The van der Waals surface area contributed by atoms with Gasteiger partial charge in [-0.25, -0.2) is 4.79 Å². The lowest BCUT2D eigenvalue weighted by Gasteiger charge is -2.36. The van der Waals surface area contributed by atoms with Gasteiger partial charge < -0.3 is 15.3 Å². The van der Waals surface area contributed by atoms with Crippen molar-refractivity contribution in [1.82, 2.24) is 15.1 Å². The van der Waals surface area contributed by atoms with Crippen LogP contribution in [0.4, 0.5) is 4.79 Å². The molecule has 6 nitrogen and oxygen atoms in total. The van der Waals surface area contributed by atoms with Gasteiger partial charge >= 0.3 is 12.0 Å². The van der Waals surface area contributed by atoms with Gasteiger partial charge in [-0.05, 0) is 13.3 Å². The van der Waals surface area contributed by atoms with Gasteiger partial charge in [0.05, 0.1) is 0 Å². The Morgan fingerprint density at radius 3 is 2.35 bits per heavy atom. The summed E-state index contributed by atoms with van der Waals surface area (Å²) in [4.78, 5) is 26.5. The molecule has 116 valence electrons. The van der Waals surface area contributed by atoms with Crippen molar-refractivity contribution < 1.29 is 14.7 Å². The monoisotopic (exact) mass is 285 g/mol. The lowest BCUT2D eigenvalue weighted by molar-refractivity contribution is -0.143. The third-order valence-corrected chi connectivity index (χ3v) is 3.81. The Kier molecular flexibility index (Phi) is 7.36. The maximum atomic E-state index is 11.9. The summed E-state index contributed by atoms with van der Waals surface area (Å²) in [5.41, 5.74) is 0. The molecule has 1 unspecified atom stereocenters. The lowest BCUT2D eigenvalue weighted by Crippen LogP contribution is -2.55. The smallest absolute Gasteiger partial charge is 0.320 e. The molecule has 1 saturated heterocycles. The van der Waals surface area contributed by atoms with Crippen molar-refractivity contribution >= 4 is 12.0 Å². The van der Waals surface area contributed by atoms with Crippen molar-refractivity contribution in [1.29, 1.82) is 0 Å². The average molecular weight is 285 g/mol. The van der Waals surface area contributed by atoms with Crippen LogP contribution in [0.25, 0.3) is 0 Å². The van der Waals surface area contributed by atoms with E-state index in [4.69, 9.17) is 5.11 Å². The van der Waals surface area contributed by atoms with E-state index in [9.17, 15) is 9.59 Å². The fourth-order valence-electron chi connectivity index (χ4n) is 2.33. The van der Waals surface area contributed by atoms with E-state index in [1.165, 1.54) is 12.8 Å². The molecule has 2 amide bonds. The van der Waals surface area contributed by atoms with E-state index in [0.717, 1.165) is 19.4 Å². The normalized spacial score (nSPS) is 17.8. The van der Waals surface area contributed by atoms with Crippen LogP contribution in [0.3, 0.4) is 0 Å². The SMILES string of the molecule is CCCCCCNC(=O)N1CCN(C(C)C(=O)O)CC1. The molecule has 20 heavy (non-hydrogen) atoms. The Morgan fingerprint density at radius 1 is 1.15 bits per heavy atom. The Balaban J connectivity index is 2.20. The number of hydrogen-bond acceptors (Lipinski definition) is 3. The van der Waals surface area contributed by atoms with Crippen molar-refractivity contribution in [2.75, 3.05) is 32.7 Å². The minimum atomic E-state index is -0.807. The molecule has 1 fully saturated rings. The van der Waals surface area contributed by atoms with Crippen LogP contribution >= 0.6 is 0 Å². The van der Waals surface area contributed by atoms with Crippen molar-refractivity contribution in [3.63, 3.8) is 0 Å². The molecule has 0 saturated carbocycles. The summed E-state index contributed by atoms with van der Waals surface area (Å²) in [6.45, 7) is 7.01. The van der Waals surface area contributed by atoms with Gasteiger partial charge in [0.1, 0.15) is 6.04 Å². The summed E-state index contributed by atoms with van der Waals surface area (Å²) in [5, 5.41) is 11.9. The van der Waals surface area contributed by atoms with Gasteiger partial charge in [-0.15, -0.1) is 0 Å². The van der Waals surface area contributed by atoms with Crippen LogP contribution in [0.5, 0.6) is 0 Å². The number of nitrogens with zero attached hydrogens (tertiary/aromatic N) is 2. The second-order valence-corrected chi connectivity index (χ2v) is 5.33. The predicted molar refractivity (Wildman–Crippen MR) is 77.8 cm³/mol. The van der Waals surface area contributed by atoms with Crippen LogP contribution in [-0.4, -0.2) is 65.7 Å². The molecule has 0 aromatic rings. The number of urea groups is 1. The molecular formula is C14H27N3O3. The van der Waals surface area contributed by atoms with Crippen molar-refractivity contribution in [2.24, 2.45) is 0 Å². The molecule has 1 atom stereocenters. The zero-order chi connectivity index (χ0) is 15.0. The summed E-state index contributed by atoms with van der Waals surface area (Å²) in [6.07, 6.45) is 4.58. The van der Waals surface area contributed by atoms with Crippen LogP contribution in [0.1, 0.15) is 39.5 Å². The third kappa shape index (κ3) is 5.36. The topological polar surface area (TPSA) is 72.9 Å². The Hall–Kier alpha value is -1.30. The number of piperazine rings is 1. The van der Waals surface area contributed by atoms with Crippen molar-refractivity contribution in [2.45, 2.75) is 45.6 Å². The number of carbonyl (C=O) groups is 2. The number of carboxylic acids is 1. The first-order valence-electron chi connectivity index (χ1n) is 7.56. The summed E-state index contributed by atoms with van der Waals surface area (Å²) in [5.74, 6) is -0.807. The number of aliphatic carboxylic acids is 1. The van der Waals surface area contributed by atoms with Gasteiger partial charge in [-0.1, -0.05) is 26.2 Å². The highest BCUT2D eigenvalue weighted by Crippen LogP contribution is 2.07. The summed E-state index contributed by atoms with van der Waals surface area (Å²) in [6, 6.07) is -0.501. The molecule has 0 aromatic heterocycles. The molecule has 1 aliphatic rings. The molecule has 0 radical (unpaired) electrons. The van der Waals surface area contributed by atoms with Crippen molar-refractivity contribution in [3.8, 4) is 0 Å². The van der Waals surface area contributed by atoms with Crippen LogP contribution < -0.4 is 5.32 Å². The van der Waals surface area contributed by atoms with E-state index >= 15 is 0 Å². The minimum Gasteiger partial charge on any atom is -0.480 e.